The standard InChI is InChI=1S/C11H14BrF3N4/c1-6(9(16)17)5-19(2)10-8(11(13,14)15)3-7(12)4-18-10/h3-4,6H,5H2,1-2H3,(H3,16,17). The SMILES string of the molecule is CC(CN(C)c1ncc(Br)cc1C(F)(F)F)C(=N)N. The molecule has 0 aliphatic carbocycles. The van der Waals surface area contributed by atoms with Crippen molar-refractivity contribution in [3.8, 4) is 0 Å². The molecule has 0 aliphatic rings. The van der Waals surface area contributed by atoms with E-state index >= 15 is 0 Å². The molecule has 0 aromatic carbocycles. The Morgan fingerprint density at radius 1 is 1.58 bits per heavy atom. The summed E-state index contributed by atoms with van der Waals surface area (Å²) in [4.78, 5) is 5.15. The zero-order chi connectivity index (χ0) is 14.8. The third-order valence-corrected chi connectivity index (χ3v) is 3.01. The Labute approximate surface area is 117 Å². The number of halogens is 4. The zero-order valence-corrected chi connectivity index (χ0v) is 12.0. The summed E-state index contributed by atoms with van der Waals surface area (Å²) >= 11 is 2.98. The number of aromatic nitrogens is 1. The number of amidine groups is 1. The lowest BCUT2D eigenvalue weighted by molar-refractivity contribution is -0.137. The first-order valence-corrected chi connectivity index (χ1v) is 6.20. The van der Waals surface area contributed by atoms with Crippen LogP contribution < -0.4 is 10.6 Å². The number of nitrogens with one attached hydrogen (secondary N) is 1. The van der Waals surface area contributed by atoms with Crippen LogP contribution in [-0.4, -0.2) is 24.4 Å². The van der Waals surface area contributed by atoms with E-state index in [-0.39, 0.29) is 28.6 Å². The summed E-state index contributed by atoms with van der Waals surface area (Å²) in [6.45, 7) is 1.86. The normalized spacial score (nSPS) is 13.2. The molecule has 0 saturated heterocycles. The smallest absolute Gasteiger partial charge is 0.387 e. The molecule has 0 amide bonds. The predicted molar refractivity (Wildman–Crippen MR) is 71.3 cm³/mol. The molecule has 1 heterocycles. The van der Waals surface area contributed by atoms with Gasteiger partial charge in [-0.3, -0.25) is 5.41 Å². The van der Waals surface area contributed by atoms with Crippen molar-refractivity contribution in [3.05, 3.63) is 22.3 Å². The molecule has 4 nitrogen and oxygen atoms in total. The number of rotatable bonds is 4. The first-order valence-electron chi connectivity index (χ1n) is 5.40. The van der Waals surface area contributed by atoms with Crippen LogP contribution in [0.4, 0.5) is 19.0 Å². The van der Waals surface area contributed by atoms with E-state index in [9.17, 15) is 13.2 Å². The summed E-state index contributed by atoms with van der Waals surface area (Å²) in [6.07, 6.45) is -3.18. The molecule has 0 bridgehead atoms. The maximum absolute atomic E-state index is 12.9. The van der Waals surface area contributed by atoms with Crippen LogP contribution >= 0.6 is 15.9 Å². The van der Waals surface area contributed by atoms with Crippen molar-refractivity contribution in [2.24, 2.45) is 11.7 Å². The number of anilines is 1. The Bertz CT molecular complexity index is 475. The molecule has 106 valence electrons. The molecule has 19 heavy (non-hydrogen) atoms. The van der Waals surface area contributed by atoms with E-state index in [1.165, 1.54) is 18.1 Å². The van der Waals surface area contributed by atoms with E-state index in [0.717, 1.165) is 6.07 Å². The largest absolute Gasteiger partial charge is 0.419 e. The lowest BCUT2D eigenvalue weighted by Crippen LogP contribution is -2.33. The second kappa shape index (κ2) is 5.77. The Kier molecular flexibility index (Phi) is 4.78. The molecule has 1 rings (SSSR count). The second-order valence-electron chi connectivity index (χ2n) is 4.26. The van der Waals surface area contributed by atoms with Crippen LogP contribution in [0.1, 0.15) is 12.5 Å². The minimum Gasteiger partial charge on any atom is -0.387 e. The molecule has 1 atom stereocenters. The fourth-order valence-electron chi connectivity index (χ4n) is 1.54. The number of hydrogen-bond acceptors (Lipinski definition) is 3. The molecule has 0 fully saturated rings. The summed E-state index contributed by atoms with van der Waals surface area (Å²) in [7, 11) is 1.49. The molecule has 0 radical (unpaired) electrons. The van der Waals surface area contributed by atoms with E-state index in [2.05, 4.69) is 20.9 Å². The average Bonchev–Trinajstić information content (AvgIpc) is 2.27. The highest BCUT2D eigenvalue weighted by molar-refractivity contribution is 9.10. The maximum Gasteiger partial charge on any atom is 0.419 e. The summed E-state index contributed by atoms with van der Waals surface area (Å²) in [5.74, 6) is -0.599. The van der Waals surface area contributed by atoms with Gasteiger partial charge in [0.2, 0.25) is 0 Å². The highest BCUT2D eigenvalue weighted by atomic mass is 79.9. The van der Waals surface area contributed by atoms with E-state index in [1.807, 2.05) is 0 Å². The Hall–Kier alpha value is -1.31. The minimum atomic E-state index is -4.49. The van der Waals surface area contributed by atoms with Gasteiger partial charge in [-0.05, 0) is 22.0 Å². The van der Waals surface area contributed by atoms with Gasteiger partial charge >= 0.3 is 6.18 Å². The van der Waals surface area contributed by atoms with Gasteiger partial charge in [-0.15, -0.1) is 0 Å². The lowest BCUT2D eigenvalue weighted by atomic mass is 10.1. The molecule has 3 N–H and O–H groups in total. The fraction of sp³-hybridized carbons (Fsp3) is 0.455. The van der Waals surface area contributed by atoms with Gasteiger partial charge in [-0.2, -0.15) is 13.2 Å². The minimum absolute atomic E-state index is 0.0717. The number of pyridine rings is 1. The van der Waals surface area contributed by atoms with Crippen LogP contribution in [0.25, 0.3) is 0 Å². The monoisotopic (exact) mass is 338 g/mol. The second-order valence-corrected chi connectivity index (χ2v) is 5.18. The molecule has 0 aliphatic heterocycles. The summed E-state index contributed by atoms with van der Waals surface area (Å²) in [6, 6.07) is 0.983. The average molecular weight is 339 g/mol. The van der Waals surface area contributed by atoms with Crippen molar-refractivity contribution in [2.45, 2.75) is 13.1 Å². The molecule has 0 saturated carbocycles. The first-order chi connectivity index (χ1) is 8.62. The number of nitrogens with two attached hydrogens (primary N) is 1. The van der Waals surface area contributed by atoms with Gasteiger partial charge in [0, 0.05) is 30.2 Å². The van der Waals surface area contributed by atoms with Crippen molar-refractivity contribution >= 4 is 27.6 Å². The van der Waals surface area contributed by atoms with Gasteiger partial charge in [0.1, 0.15) is 5.82 Å². The third-order valence-electron chi connectivity index (χ3n) is 2.58. The van der Waals surface area contributed by atoms with Gasteiger partial charge in [-0.25, -0.2) is 4.98 Å². The third kappa shape index (κ3) is 4.09. The number of hydrogen-bond donors (Lipinski definition) is 2. The van der Waals surface area contributed by atoms with Gasteiger partial charge < -0.3 is 10.6 Å². The van der Waals surface area contributed by atoms with Crippen LogP contribution in [0.5, 0.6) is 0 Å². The zero-order valence-electron chi connectivity index (χ0n) is 10.4. The van der Waals surface area contributed by atoms with E-state index in [0.29, 0.717) is 0 Å². The molecule has 0 spiro atoms. The van der Waals surface area contributed by atoms with Gasteiger partial charge in [0.25, 0.3) is 0 Å². The van der Waals surface area contributed by atoms with Gasteiger partial charge in [-0.1, -0.05) is 6.92 Å². The molecule has 8 heteroatoms. The van der Waals surface area contributed by atoms with E-state index in [4.69, 9.17) is 11.1 Å². The van der Waals surface area contributed by atoms with Crippen LogP contribution in [-0.2, 0) is 6.18 Å². The summed E-state index contributed by atoms with van der Waals surface area (Å²) in [5, 5.41) is 7.27. The Balaban J connectivity index is 3.09. The Morgan fingerprint density at radius 3 is 2.63 bits per heavy atom. The van der Waals surface area contributed by atoms with Crippen molar-refractivity contribution in [2.75, 3.05) is 18.5 Å². The fourth-order valence-corrected chi connectivity index (χ4v) is 1.87. The summed E-state index contributed by atoms with van der Waals surface area (Å²) < 4.78 is 39.1. The Morgan fingerprint density at radius 2 is 2.16 bits per heavy atom. The predicted octanol–water partition coefficient (Wildman–Crippen LogP) is 2.87. The van der Waals surface area contributed by atoms with Crippen LogP contribution in [0.2, 0.25) is 0 Å². The van der Waals surface area contributed by atoms with Crippen molar-refractivity contribution < 1.29 is 13.2 Å². The molecular formula is C11H14BrF3N4. The van der Waals surface area contributed by atoms with Crippen molar-refractivity contribution in [1.82, 2.24) is 4.98 Å². The van der Waals surface area contributed by atoms with E-state index in [1.54, 1.807) is 6.92 Å². The molecule has 1 unspecified atom stereocenters. The van der Waals surface area contributed by atoms with Gasteiger partial charge in [0.15, 0.2) is 0 Å². The van der Waals surface area contributed by atoms with E-state index < -0.39 is 11.7 Å². The maximum atomic E-state index is 12.9. The highest BCUT2D eigenvalue weighted by Gasteiger charge is 2.35. The van der Waals surface area contributed by atoms with Gasteiger partial charge in [0.05, 0.1) is 11.4 Å². The molecule has 1 aromatic heterocycles. The topological polar surface area (TPSA) is 66.0 Å². The summed E-state index contributed by atoms with van der Waals surface area (Å²) in [5.41, 5.74) is 4.50. The molecule has 1 aromatic rings. The van der Waals surface area contributed by atoms with Crippen LogP contribution in [0.15, 0.2) is 16.7 Å². The van der Waals surface area contributed by atoms with Crippen molar-refractivity contribution in [1.29, 1.82) is 5.41 Å². The van der Waals surface area contributed by atoms with Crippen LogP contribution in [0, 0.1) is 11.3 Å². The number of alkyl halides is 3. The van der Waals surface area contributed by atoms with Crippen molar-refractivity contribution in [3.63, 3.8) is 0 Å². The quantitative estimate of drug-likeness (QED) is 0.655. The first kappa shape index (κ1) is 15.7. The number of nitrogens with zero attached hydrogens (tertiary/aromatic N) is 2. The molecular weight excluding hydrogens is 325 g/mol. The highest BCUT2D eigenvalue weighted by Crippen LogP contribution is 2.36. The van der Waals surface area contributed by atoms with Crippen LogP contribution in [0.3, 0.4) is 0 Å². The lowest BCUT2D eigenvalue weighted by Gasteiger charge is -2.24.